The minimum absolute atomic E-state index is 0.00491. The summed E-state index contributed by atoms with van der Waals surface area (Å²) in [7, 11) is 1.54. The lowest BCUT2D eigenvalue weighted by Crippen LogP contribution is -2.52. The van der Waals surface area contributed by atoms with Gasteiger partial charge in [-0.05, 0) is 17.5 Å². The van der Waals surface area contributed by atoms with E-state index in [1.54, 1.807) is 30.5 Å². The molecule has 0 saturated heterocycles. The number of carbonyl (C=O) groups is 2. The molecule has 1 N–H and O–H groups in total. The Hall–Kier alpha value is -2.89. The van der Waals surface area contributed by atoms with Crippen molar-refractivity contribution in [1.82, 2.24) is 9.88 Å². The van der Waals surface area contributed by atoms with Crippen molar-refractivity contribution in [1.29, 1.82) is 0 Å². The molecular formula is C21H25N3O3. The highest BCUT2D eigenvalue weighted by atomic mass is 16.5. The van der Waals surface area contributed by atoms with Crippen molar-refractivity contribution in [3.8, 4) is 5.75 Å². The van der Waals surface area contributed by atoms with Crippen LogP contribution in [-0.2, 0) is 22.6 Å². The van der Waals surface area contributed by atoms with Crippen LogP contribution in [0.2, 0.25) is 0 Å². The van der Waals surface area contributed by atoms with E-state index in [9.17, 15) is 9.59 Å². The molecule has 0 bridgehead atoms. The van der Waals surface area contributed by atoms with Crippen molar-refractivity contribution >= 4 is 17.5 Å². The van der Waals surface area contributed by atoms with Crippen LogP contribution < -0.4 is 10.1 Å². The van der Waals surface area contributed by atoms with Gasteiger partial charge in [0, 0.05) is 31.1 Å². The summed E-state index contributed by atoms with van der Waals surface area (Å²) in [6, 6.07) is 9.09. The number of nitrogens with zero attached hydrogens (tertiary/aromatic N) is 2. The van der Waals surface area contributed by atoms with Crippen LogP contribution in [0.5, 0.6) is 5.75 Å². The van der Waals surface area contributed by atoms with Gasteiger partial charge in [0.15, 0.2) is 0 Å². The van der Waals surface area contributed by atoms with Gasteiger partial charge in [0.25, 0.3) is 0 Å². The Morgan fingerprint density at radius 2 is 2.04 bits per heavy atom. The van der Waals surface area contributed by atoms with Gasteiger partial charge in [0.1, 0.15) is 17.5 Å². The summed E-state index contributed by atoms with van der Waals surface area (Å²) < 4.78 is 5.28. The smallest absolute Gasteiger partial charge is 0.247 e. The topological polar surface area (TPSA) is 71.5 Å². The zero-order valence-electron chi connectivity index (χ0n) is 15.9. The van der Waals surface area contributed by atoms with Gasteiger partial charge in [0.05, 0.1) is 13.3 Å². The molecule has 0 saturated carbocycles. The lowest BCUT2D eigenvalue weighted by molar-refractivity contribution is -0.143. The third-order valence-electron chi connectivity index (χ3n) is 5.13. The van der Waals surface area contributed by atoms with Crippen LogP contribution in [0.15, 0.2) is 42.7 Å². The van der Waals surface area contributed by atoms with Crippen LogP contribution in [0, 0.1) is 5.92 Å². The Morgan fingerprint density at radius 1 is 1.30 bits per heavy atom. The van der Waals surface area contributed by atoms with Crippen LogP contribution in [0.4, 0.5) is 5.69 Å². The molecule has 2 unspecified atom stereocenters. The normalized spacial score (nSPS) is 17.0. The predicted octanol–water partition coefficient (Wildman–Crippen LogP) is 3.03. The van der Waals surface area contributed by atoms with Gasteiger partial charge >= 0.3 is 0 Å². The molecule has 27 heavy (non-hydrogen) atoms. The molecule has 0 aliphatic carbocycles. The minimum Gasteiger partial charge on any atom is -0.494 e. The minimum atomic E-state index is -0.564. The van der Waals surface area contributed by atoms with Gasteiger partial charge in [-0.15, -0.1) is 0 Å². The number of pyridine rings is 1. The number of anilines is 1. The number of aromatic nitrogens is 1. The second-order valence-corrected chi connectivity index (χ2v) is 6.83. The van der Waals surface area contributed by atoms with E-state index in [0.29, 0.717) is 24.4 Å². The number of rotatable bonds is 5. The molecule has 0 radical (unpaired) electrons. The van der Waals surface area contributed by atoms with Crippen LogP contribution in [-0.4, -0.2) is 34.8 Å². The standard InChI is InChI=1S/C21H25N3O3/c1-4-14(2)21(26)24-13-16-8-6-5-7-15(16)11-18(24)20(25)23-17-12-22-10-9-19(17)27-3/h5-10,12,14,18H,4,11,13H2,1-3H3,(H,23,25). The first-order valence-electron chi connectivity index (χ1n) is 9.21. The molecule has 1 aromatic heterocycles. The number of amides is 2. The van der Waals surface area contributed by atoms with E-state index in [1.807, 2.05) is 38.1 Å². The monoisotopic (exact) mass is 367 g/mol. The Morgan fingerprint density at radius 3 is 2.74 bits per heavy atom. The molecule has 1 aliphatic heterocycles. The van der Waals surface area contributed by atoms with E-state index < -0.39 is 6.04 Å². The van der Waals surface area contributed by atoms with Crippen molar-refractivity contribution in [2.24, 2.45) is 5.92 Å². The number of ether oxygens (including phenoxy) is 1. The second-order valence-electron chi connectivity index (χ2n) is 6.83. The summed E-state index contributed by atoms with van der Waals surface area (Å²) in [6.07, 6.45) is 4.38. The van der Waals surface area contributed by atoms with E-state index in [-0.39, 0.29) is 17.7 Å². The van der Waals surface area contributed by atoms with Crippen molar-refractivity contribution < 1.29 is 14.3 Å². The predicted molar refractivity (Wildman–Crippen MR) is 103 cm³/mol. The first kappa shape index (κ1) is 18.9. The highest BCUT2D eigenvalue weighted by Crippen LogP contribution is 2.28. The molecule has 0 spiro atoms. The second kappa shape index (κ2) is 8.20. The third-order valence-corrected chi connectivity index (χ3v) is 5.13. The summed E-state index contributed by atoms with van der Waals surface area (Å²) in [4.78, 5) is 31.8. The van der Waals surface area contributed by atoms with Gasteiger partial charge in [-0.1, -0.05) is 38.1 Å². The van der Waals surface area contributed by atoms with Crippen LogP contribution in [0.25, 0.3) is 0 Å². The molecular weight excluding hydrogens is 342 g/mol. The maximum absolute atomic E-state index is 13.1. The summed E-state index contributed by atoms with van der Waals surface area (Å²) in [6.45, 7) is 4.33. The average Bonchev–Trinajstić information content (AvgIpc) is 2.71. The van der Waals surface area contributed by atoms with Crippen LogP contribution >= 0.6 is 0 Å². The largest absolute Gasteiger partial charge is 0.494 e. The summed E-state index contributed by atoms with van der Waals surface area (Å²) in [5.74, 6) is 0.186. The molecule has 6 heteroatoms. The van der Waals surface area contributed by atoms with Crippen molar-refractivity contribution in [2.75, 3.05) is 12.4 Å². The SMILES string of the molecule is CCC(C)C(=O)N1Cc2ccccc2CC1C(=O)Nc1cnccc1OC. The van der Waals surface area contributed by atoms with Crippen molar-refractivity contribution in [3.63, 3.8) is 0 Å². The fourth-order valence-corrected chi connectivity index (χ4v) is 3.32. The number of nitrogens with one attached hydrogen (secondary N) is 1. The molecule has 1 aliphatic rings. The number of hydrogen-bond acceptors (Lipinski definition) is 4. The van der Waals surface area contributed by atoms with Crippen molar-refractivity contribution in [3.05, 3.63) is 53.9 Å². The Balaban J connectivity index is 1.89. The van der Waals surface area contributed by atoms with Gasteiger partial charge in [-0.25, -0.2) is 0 Å². The number of benzene rings is 1. The molecule has 2 aromatic rings. The Bertz CT molecular complexity index is 837. The molecule has 1 aromatic carbocycles. The van der Waals surface area contributed by atoms with E-state index in [1.165, 1.54) is 0 Å². The quantitative estimate of drug-likeness (QED) is 0.882. The van der Waals surface area contributed by atoms with E-state index >= 15 is 0 Å². The highest BCUT2D eigenvalue weighted by molar-refractivity contribution is 5.98. The molecule has 2 amide bonds. The van der Waals surface area contributed by atoms with Gasteiger partial charge in [0.2, 0.25) is 11.8 Å². The fourth-order valence-electron chi connectivity index (χ4n) is 3.32. The maximum atomic E-state index is 13.1. The van der Waals surface area contributed by atoms with E-state index in [0.717, 1.165) is 17.5 Å². The zero-order chi connectivity index (χ0) is 19.4. The number of carbonyl (C=O) groups excluding carboxylic acids is 2. The van der Waals surface area contributed by atoms with E-state index in [4.69, 9.17) is 4.74 Å². The summed E-state index contributed by atoms with van der Waals surface area (Å²) in [5, 5.41) is 2.88. The van der Waals surface area contributed by atoms with Crippen LogP contribution in [0.3, 0.4) is 0 Å². The van der Waals surface area contributed by atoms with Gasteiger partial charge < -0.3 is 15.0 Å². The van der Waals surface area contributed by atoms with Crippen molar-refractivity contribution in [2.45, 2.75) is 39.3 Å². The summed E-state index contributed by atoms with van der Waals surface area (Å²) in [5.41, 5.74) is 2.70. The number of fused-ring (bicyclic) bond motifs is 1. The first-order chi connectivity index (χ1) is 13.0. The van der Waals surface area contributed by atoms with Gasteiger partial charge in [-0.2, -0.15) is 0 Å². The lowest BCUT2D eigenvalue weighted by Gasteiger charge is -2.37. The molecule has 2 atom stereocenters. The number of methoxy groups -OCH3 is 1. The molecule has 0 fully saturated rings. The molecule has 6 nitrogen and oxygen atoms in total. The van der Waals surface area contributed by atoms with Gasteiger partial charge in [-0.3, -0.25) is 14.6 Å². The third kappa shape index (κ3) is 3.94. The maximum Gasteiger partial charge on any atom is 0.247 e. The molecule has 3 rings (SSSR count). The Labute approximate surface area is 159 Å². The molecule has 2 heterocycles. The van der Waals surface area contributed by atoms with E-state index in [2.05, 4.69) is 10.3 Å². The lowest BCUT2D eigenvalue weighted by atomic mass is 9.92. The summed E-state index contributed by atoms with van der Waals surface area (Å²) >= 11 is 0. The Kier molecular flexibility index (Phi) is 5.74. The fraction of sp³-hybridized carbons (Fsp3) is 0.381. The molecule has 142 valence electrons. The number of hydrogen-bond donors (Lipinski definition) is 1. The average molecular weight is 367 g/mol. The van der Waals surface area contributed by atoms with Crippen LogP contribution in [0.1, 0.15) is 31.4 Å². The first-order valence-corrected chi connectivity index (χ1v) is 9.21. The zero-order valence-corrected chi connectivity index (χ0v) is 15.9. The highest BCUT2D eigenvalue weighted by Gasteiger charge is 2.36.